The number of esters is 1. The Labute approximate surface area is 124 Å². The van der Waals surface area contributed by atoms with Gasteiger partial charge in [0.05, 0.1) is 12.6 Å². The van der Waals surface area contributed by atoms with Crippen molar-refractivity contribution in [2.45, 2.75) is 31.5 Å². The van der Waals surface area contributed by atoms with Gasteiger partial charge in [-0.15, -0.1) is 0 Å². The Balaban J connectivity index is 4.53. The van der Waals surface area contributed by atoms with Gasteiger partial charge < -0.3 is 20.2 Å². The van der Waals surface area contributed by atoms with Gasteiger partial charge in [0.15, 0.2) is 5.78 Å². The number of carbonyl (C=O) groups is 3. The molecule has 0 aliphatic carbocycles. The fourth-order valence-corrected chi connectivity index (χ4v) is 1.34. The van der Waals surface area contributed by atoms with Gasteiger partial charge in [0.2, 0.25) is 5.91 Å². The Kier molecular flexibility index (Phi) is 8.99. The van der Waals surface area contributed by atoms with Gasteiger partial charge in [-0.2, -0.15) is 13.2 Å². The van der Waals surface area contributed by atoms with E-state index in [1.54, 1.807) is 0 Å². The van der Waals surface area contributed by atoms with E-state index in [0.29, 0.717) is 6.21 Å². The molecule has 0 radical (unpaired) electrons. The molecule has 0 aromatic carbocycles. The van der Waals surface area contributed by atoms with Gasteiger partial charge in [0.1, 0.15) is 19.3 Å². The second-order valence-electron chi connectivity index (χ2n) is 4.24. The van der Waals surface area contributed by atoms with Crippen LogP contribution in [-0.2, 0) is 23.9 Å². The molecule has 0 spiro atoms. The number of nitrogens with one attached hydrogen (secondary N) is 2. The van der Waals surface area contributed by atoms with Gasteiger partial charge >= 0.3 is 12.1 Å². The lowest BCUT2D eigenvalue weighted by Gasteiger charge is -2.17. The molecule has 2 N–H and O–H groups in total. The van der Waals surface area contributed by atoms with E-state index in [0.717, 1.165) is 0 Å². The zero-order chi connectivity index (χ0) is 17.2. The lowest BCUT2D eigenvalue weighted by atomic mass is 10.1. The lowest BCUT2D eigenvalue weighted by Crippen LogP contribution is -2.43. The van der Waals surface area contributed by atoms with Crippen molar-refractivity contribution in [1.29, 1.82) is 5.41 Å². The molecule has 1 amide bonds. The SMILES string of the molecule is COCC(=O)N[C@@H](CCC(=O)C=N)C(=O)OCCC(F)(F)F. The lowest BCUT2D eigenvalue weighted by molar-refractivity contribution is -0.161. The van der Waals surface area contributed by atoms with Crippen molar-refractivity contribution >= 4 is 23.9 Å². The molecule has 0 aromatic heterocycles. The molecule has 0 saturated carbocycles. The second-order valence-corrected chi connectivity index (χ2v) is 4.24. The summed E-state index contributed by atoms with van der Waals surface area (Å²) in [4.78, 5) is 34.0. The van der Waals surface area contributed by atoms with E-state index >= 15 is 0 Å². The van der Waals surface area contributed by atoms with Crippen molar-refractivity contribution in [2.75, 3.05) is 20.3 Å². The third-order valence-electron chi connectivity index (χ3n) is 2.37. The molecule has 0 aliphatic heterocycles. The van der Waals surface area contributed by atoms with Crippen LogP contribution in [0.2, 0.25) is 0 Å². The summed E-state index contributed by atoms with van der Waals surface area (Å²) in [7, 11) is 1.24. The summed E-state index contributed by atoms with van der Waals surface area (Å²) in [6.07, 6.45) is -5.64. The zero-order valence-corrected chi connectivity index (χ0v) is 11.9. The number of ketones is 1. The Morgan fingerprint density at radius 2 is 1.95 bits per heavy atom. The van der Waals surface area contributed by atoms with Crippen LogP contribution in [0.25, 0.3) is 0 Å². The maximum Gasteiger partial charge on any atom is 0.392 e. The van der Waals surface area contributed by atoms with E-state index in [9.17, 15) is 27.6 Å². The minimum Gasteiger partial charge on any atom is -0.464 e. The molecular formula is C12H17F3N2O5. The molecule has 0 aromatic rings. The average molecular weight is 326 g/mol. The monoisotopic (exact) mass is 326 g/mol. The van der Waals surface area contributed by atoms with Crippen LogP contribution in [0.15, 0.2) is 0 Å². The van der Waals surface area contributed by atoms with Crippen molar-refractivity contribution in [1.82, 2.24) is 5.32 Å². The number of rotatable bonds is 10. The van der Waals surface area contributed by atoms with Gasteiger partial charge in [-0.1, -0.05) is 0 Å². The van der Waals surface area contributed by atoms with Crippen LogP contribution < -0.4 is 5.32 Å². The first-order chi connectivity index (χ1) is 10.2. The zero-order valence-electron chi connectivity index (χ0n) is 11.9. The number of carbonyl (C=O) groups excluding carboxylic acids is 3. The van der Waals surface area contributed by atoms with Crippen LogP contribution in [-0.4, -0.2) is 56.4 Å². The van der Waals surface area contributed by atoms with Gasteiger partial charge in [-0.05, 0) is 6.42 Å². The topological polar surface area (TPSA) is 106 Å². The Bertz CT molecular complexity index is 412. The van der Waals surface area contributed by atoms with Crippen LogP contribution in [0, 0.1) is 5.41 Å². The van der Waals surface area contributed by atoms with E-state index in [2.05, 4.69) is 14.8 Å². The molecule has 0 heterocycles. The van der Waals surface area contributed by atoms with Crippen LogP contribution in [0.3, 0.4) is 0 Å². The number of hydrogen-bond donors (Lipinski definition) is 2. The predicted molar refractivity (Wildman–Crippen MR) is 68.5 cm³/mol. The van der Waals surface area contributed by atoms with Crippen molar-refractivity contribution in [2.24, 2.45) is 0 Å². The van der Waals surface area contributed by atoms with Crippen LogP contribution in [0.5, 0.6) is 0 Å². The van der Waals surface area contributed by atoms with Gasteiger partial charge in [0, 0.05) is 13.5 Å². The van der Waals surface area contributed by atoms with E-state index in [1.165, 1.54) is 7.11 Å². The van der Waals surface area contributed by atoms with Gasteiger partial charge in [-0.3, -0.25) is 9.59 Å². The Hall–Kier alpha value is -1.97. The van der Waals surface area contributed by atoms with Crippen molar-refractivity contribution in [3.63, 3.8) is 0 Å². The summed E-state index contributed by atoms with van der Waals surface area (Å²) in [5.41, 5.74) is 0. The smallest absolute Gasteiger partial charge is 0.392 e. The molecule has 7 nitrogen and oxygen atoms in total. The molecule has 10 heteroatoms. The first-order valence-electron chi connectivity index (χ1n) is 6.24. The molecule has 0 rings (SSSR count). The standard InChI is InChI=1S/C12H17F3N2O5/c1-21-7-10(19)17-9(3-2-8(18)6-16)11(20)22-5-4-12(13,14)15/h6,9,16H,2-5,7H2,1H3,(H,17,19)/t9-/m0/s1. The molecule has 0 saturated heterocycles. The Morgan fingerprint density at radius 3 is 2.45 bits per heavy atom. The van der Waals surface area contributed by atoms with Crippen molar-refractivity contribution in [3.8, 4) is 0 Å². The summed E-state index contributed by atoms with van der Waals surface area (Å²) in [6.45, 7) is -1.23. The molecule has 0 aliphatic rings. The van der Waals surface area contributed by atoms with Gasteiger partial charge in [0.25, 0.3) is 0 Å². The van der Waals surface area contributed by atoms with Crippen LogP contribution in [0.4, 0.5) is 13.2 Å². The minimum atomic E-state index is -4.47. The van der Waals surface area contributed by atoms with Crippen LogP contribution in [0.1, 0.15) is 19.3 Å². The molecular weight excluding hydrogens is 309 g/mol. The number of halogens is 3. The predicted octanol–water partition coefficient (Wildman–Crippen LogP) is 0.612. The molecule has 22 heavy (non-hydrogen) atoms. The Morgan fingerprint density at radius 1 is 1.32 bits per heavy atom. The molecule has 0 bridgehead atoms. The summed E-state index contributed by atoms with van der Waals surface area (Å²) >= 11 is 0. The average Bonchev–Trinajstić information content (AvgIpc) is 2.41. The van der Waals surface area contributed by atoms with E-state index in [-0.39, 0.29) is 19.4 Å². The summed E-state index contributed by atoms with van der Waals surface area (Å²) in [5, 5.41) is 8.92. The number of hydrogen-bond acceptors (Lipinski definition) is 6. The highest BCUT2D eigenvalue weighted by molar-refractivity contribution is 6.26. The van der Waals surface area contributed by atoms with Crippen molar-refractivity contribution in [3.05, 3.63) is 0 Å². The van der Waals surface area contributed by atoms with E-state index in [1.807, 2.05) is 0 Å². The normalized spacial score (nSPS) is 12.4. The summed E-state index contributed by atoms with van der Waals surface area (Å²) < 4.78 is 44.9. The fourth-order valence-electron chi connectivity index (χ4n) is 1.34. The first kappa shape index (κ1) is 20.0. The maximum atomic E-state index is 12.0. The molecule has 1 atom stereocenters. The fraction of sp³-hybridized carbons (Fsp3) is 0.667. The summed E-state index contributed by atoms with van der Waals surface area (Å²) in [5.74, 6) is -2.34. The highest BCUT2D eigenvalue weighted by Gasteiger charge is 2.29. The summed E-state index contributed by atoms with van der Waals surface area (Å²) in [6, 6.07) is -1.28. The van der Waals surface area contributed by atoms with E-state index in [4.69, 9.17) is 5.41 Å². The quantitative estimate of drug-likeness (QED) is 0.452. The number of alkyl halides is 3. The van der Waals surface area contributed by atoms with Gasteiger partial charge in [-0.25, -0.2) is 4.79 Å². The molecule has 0 fully saturated rings. The number of methoxy groups -OCH3 is 1. The molecule has 0 unspecified atom stereocenters. The minimum absolute atomic E-state index is 0.186. The third-order valence-corrected chi connectivity index (χ3v) is 2.37. The maximum absolute atomic E-state index is 12.0. The number of ether oxygens (including phenoxy) is 2. The largest absolute Gasteiger partial charge is 0.464 e. The molecule has 126 valence electrons. The number of amides is 1. The highest BCUT2D eigenvalue weighted by Crippen LogP contribution is 2.19. The first-order valence-corrected chi connectivity index (χ1v) is 6.24. The van der Waals surface area contributed by atoms with E-state index < -0.39 is 42.9 Å². The highest BCUT2D eigenvalue weighted by atomic mass is 19.4. The van der Waals surface area contributed by atoms with Crippen LogP contribution >= 0.6 is 0 Å². The number of Topliss-reactive ketones (excluding diaryl/α,β-unsaturated/α-hetero) is 1. The third kappa shape index (κ3) is 9.86. The van der Waals surface area contributed by atoms with Crippen molar-refractivity contribution < 1.29 is 37.0 Å². The second kappa shape index (κ2) is 9.87.